The Morgan fingerprint density at radius 2 is 1.79 bits per heavy atom. The molecule has 4 unspecified atom stereocenters. The summed E-state index contributed by atoms with van der Waals surface area (Å²) in [6.45, 7) is 1.98. The zero-order chi connectivity index (χ0) is 20.0. The zero-order valence-corrected chi connectivity index (χ0v) is 16.1. The number of rotatable bonds is 4. The highest BCUT2D eigenvalue weighted by Gasteiger charge is 2.56. The lowest BCUT2D eigenvalue weighted by Crippen LogP contribution is -2.39. The number of hydrogen-bond acceptors (Lipinski definition) is 2. The molecule has 4 atom stereocenters. The van der Waals surface area contributed by atoms with E-state index in [1.807, 2.05) is 37.3 Å². The molecule has 0 spiro atoms. The predicted molar refractivity (Wildman–Crippen MR) is 110 cm³/mol. The van der Waals surface area contributed by atoms with E-state index in [0.717, 1.165) is 28.7 Å². The van der Waals surface area contributed by atoms with Gasteiger partial charge in [-0.15, -0.1) is 0 Å². The van der Waals surface area contributed by atoms with Gasteiger partial charge >= 0.3 is 6.03 Å². The number of benzene rings is 2. The molecule has 146 valence electrons. The molecule has 2 aliphatic carbocycles. The number of nitrogens with zero attached hydrogens (tertiary/aromatic N) is 1. The van der Waals surface area contributed by atoms with Crippen LogP contribution in [0.4, 0.5) is 9.18 Å². The fourth-order valence-electron chi connectivity index (χ4n) is 4.56. The molecule has 2 aliphatic rings. The summed E-state index contributed by atoms with van der Waals surface area (Å²) in [4.78, 5) is 16.5. The number of fused-ring (bicyclic) bond motifs is 3. The van der Waals surface area contributed by atoms with Gasteiger partial charge in [0.15, 0.2) is 0 Å². The maximum absolute atomic E-state index is 13.4. The zero-order valence-electron chi connectivity index (χ0n) is 16.1. The van der Waals surface area contributed by atoms with E-state index in [2.05, 4.69) is 27.8 Å². The van der Waals surface area contributed by atoms with Gasteiger partial charge in [0.05, 0.1) is 6.04 Å². The van der Waals surface area contributed by atoms with Crippen molar-refractivity contribution in [3.05, 3.63) is 89.5 Å². The number of urea groups is 1. The summed E-state index contributed by atoms with van der Waals surface area (Å²) in [5.41, 5.74) is 5.55. The minimum Gasteiger partial charge on any atom is -0.334 e. The van der Waals surface area contributed by atoms with Crippen LogP contribution >= 0.6 is 0 Å². The topological polar surface area (TPSA) is 54.0 Å². The van der Waals surface area contributed by atoms with E-state index in [1.54, 1.807) is 18.5 Å². The Bertz CT molecular complexity index is 1050. The van der Waals surface area contributed by atoms with Crippen molar-refractivity contribution in [3.63, 3.8) is 0 Å². The van der Waals surface area contributed by atoms with Crippen molar-refractivity contribution in [1.29, 1.82) is 0 Å². The number of carbonyl (C=O) groups is 1. The van der Waals surface area contributed by atoms with Crippen LogP contribution in [0.3, 0.4) is 0 Å². The average Bonchev–Trinajstić information content (AvgIpc) is 3.24. The highest BCUT2D eigenvalue weighted by Crippen LogP contribution is 2.56. The van der Waals surface area contributed by atoms with Crippen LogP contribution in [0, 0.1) is 11.7 Å². The quantitative estimate of drug-likeness (QED) is 0.688. The van der Waals surface area contributed by atoms with Gasteiger partial charge in [0.2, 0.25) is 0 Å². The van der Waals surface area contributed by atoms with E-state index in [4.69, 9.17) is 0 Å². The van der Waals surface area contributed by atoms with Crippen molar-refractivity contribution in [3.8, 4) is 11.1 Å². The first-order chi connectivity index (χ1) is 14.1. The van der Waals surface area contributed by atoms with E-state index in [0.29, 0.717) is 11.8 Å². The standard InChI is InChI=1S/C24H22FN3O/c1-14(15-2-4-16(5-3-15)17-8-10-26-11-9-17)27-24(29)28-23-21-13-18-12-19(25)6-7-20(18)22(21)23/h2-12,14,21-23H,13H2,1H3,(H2,27,28,29). The Kier molecular flexibility index (Phi) is 4.31. The lowest BCUT2D eigenvalue weighted by molar-refractivity contribution is 0.236. The van der Waals surface area contributed by atoms with E-state index in [-0.39, 0.29) is 23.9 Å². The second-order valence-electron chi connectivity index (χ2n) is 7.96. The number of halogens is 1. The van der Waals surface area contributed by atoms with Gasteiger partial charge in [-0.05, 0) is 71.3 Å². The maximum Gasteiger partial charge on any atom is 0.315 e. The second-order valence-corrected chi connectivity index (χ2v) is 7.96. The molecule has 2 aromatic carbocycles. The van der Waals surface area contributed by atoms with Crippen LogP contribution in [0.1, 0.15) is 35.6 Å². The normalized spacial score (nSPS) is 22.3. The lowest BCUT2D eigenvalue weighted by atomic mass is 10.0. The van der Waals surface area contributed by atoms with Gasteiger partial charge in [0, 0.05) is 24.4 Å². The molecule has 1 heterocycles. The molecule has 0 saturated heterocycles. The number of aromatic nitrogens is 1. The molecular formula is C24H22FN3O. The summed E-state index contributed by atoms with van der Waals surface area (Å²) in [6, 6.07) is 17.0. The van der Waals surface area contributed by atoms with E-state index in [9.17, 15) is 9.18 Å². The molecule has 1 aromatic heterocycles. The molecule has 1 saturated carbocycles. The number of nitrogens with one attached hydrogen (secondary N) is 2. The third-order valence-corrected chi connectivity index (χ3v) is 6.16. The minimum absolute atomic E-state index is 0.0959. The van der Waals surface area contributed by atoms with Crippen LogP contribution in [0.15, 0.2) is 67.0 Å². The van der Waals surface area contributed by atoms with Crippen LogP contribution in [-0.2, 0) is 6.42 Å². The van der Waals surface area contributed by atoms with Crippen molar-refractivity contribution in [2.75, 3.05) is 0 Å². The molecule has 2 N–H and O–H groups in total. The Labute approximate surface area is 169 Å². The fourth-order valence-corrected chi connectivity index (χ4v) is 4.56. The van der Waals surface area contributed by atoms with Gasteiger partial charge in [-0.3, -0.25) is 4.98 Å². The number of carbonyl (C=O) groups excluding carboxylic acids is 1. The third kappa shape index (κ3) is 3.37. The van der Waals surface area contributed by atoms with Crippen LogP contribution < -0.4 is 10.6 Å². The SMILES string of the molecule is CC(NC(=O)NC1C2Cc3cc(F)ccc3C21)c1ccc(-c2ccncc2)cc1. The second kappa shape index (κ2) is 6.99. The molecule has 3 aromatic rings. The van der Waals surface area contributed by atoms with Crippen molar-refractivity contribution >= 4 is 6.03 Å². The molecule has 2 amide bonds. The first-order valence-electron chi connectivity index (χ1n) is 9.96. The Morgan fingerprint density at radius 1 is 1.07 bits per heavy atom. The molecule has 5 heteroatoms. The van der Waals surface area contributed by atoms with E-state index in [1.165, 1.54) is 11.6 Å². The molecular weight excluding hydrogens is 365 g/mol. The smallest absolute Gasteiger partial charge is 0.315 e. The first-order valence-corrected chi connectivity index (χ1v) is 9.96. The minimum atomic E-state index is -0.184. The number of hydrogen-bond donors (Lipinski definition) is 2. The van der Waals surface area contributed by atoms with Gasteiger partial charge in [-0.25, -0.2) is 9.18 Å². The number of pyridine rings is 1. The molecule has 0 bridgehead atoms. The summed E-state index contributed by atoms with van der Waals surface area (Å²) in [7, 11) is 0. The van der Waals surface area contributed by atoms with Crippen molar-refractivity contribution in [2.45, 2.75) is 31.3 Å². The Balaban J connectivity index is 1.18. The van der Waals surface area contributed by atoms with Crippen molar-refractivity contribution in [2.24, 2.45) is 5.92 Å². The van der Waals surface area contributed by atoms with Crippen molar-refractivity contribution in [1.82, 2.24) is 15.6 Å². The van der Waals surface area contributed by atoms with Gasteiger partial charge in [0.1, 0.15) is 5.82 Å². The molecule has 29 heavy (non-hydrogen) atoms. The molecule has 0 aliphatic heterocycles. The Hall–Kier alpha value is -3.21. The molecule has 0 radical (unpaired) electrons. The number of amides is 2. The molecule has 4 nitrogen and oxygen atoms in total. The summed E-state index contributed by atoms with van der Waals surface area (Å²) in [6.07, 6.45) is 4.40. The van der Waals surface area contributed by atoms with Gasteiger partial charge < -0.3 is 10.6 Å². The van der Waals surface area contributed by atoms with Crippen LogP contribution in [0.2, 0.25) is 0 Å². The largest absolute Gasteiger partial charge is 0.334 e. The molecule has 5 rings (SSSR count). The molecule has 1 fully saturated rings. The summed E-state index contributed by atoms with van der Waals surface area (Å²) >= 11 is 0. The van der Waals surface area contributed by atoms with Crippen LogP contribution in [0.25, 0.3) is 11.1 Å². The highest BCUT2D eigenvalue weighted by atomic mass is 19.1. The van der Waals surface area contributed by atoms with Crippen LogP contribution in [0.5, 0.6) is 0 Å². The first kappa shape index (κ1) is 17.9. The van der Waals surface area contributed by atoms with Gasteiger partial charge in [0.25, 0.3) is 0 Å². The van der Waals surface area contributed by atoms with Crippen LogP contribution in [-0.4, -0.2) is 17.1 Å². The summed E-state index contributed by atoms with van der Waals surface area (Å²) in [5, 5.41) is 6.13. The maximum atomic E-state index is 13.4. The van der Waals surface area contributed by atoms with Gasteiger partial charge in [-0.1, -0.05) is 30.3 Å². The monoisotopic (exact) mass is 387 g/mol. The highest BCUT2D eigenvalue weighted by molar-refractivity contribution is 5.76. The Morgan fingerprint density at radius 3 is 2.55 bits per heavy atom. The van der Waals surface area contributed by atoms with Gasteiger partial charge in [-0.2, -0.15) is 0 Å². The third-order valence-electron chi connectivity index (χ3n) is 6.16. The predicted octanol–water partition coefficient (Wildman–Crippen LogP) is 4.59. The fraction of sp³-hybridized carbons (Fsp3) is 0.250. The summed E-state index contributed by atoms with van der Waals surface area (Å²) < 4.78 is 13.4. The summed E-state index contributed by atoms with van der Waals surface area (Å²) in [5.74, 6) is 0.537. The van der Waals surface area contributed by atoms with E-state index >= 15 is 0 Å². The lowest BCUT2D eigenvalue weighted by Gasteiger charge is -2.17. The van der Waals surface area contributed by atoms with E-state index < -0.39 is 0 Å². The average molecular weight is 387 g/mol. The van der Waals surface area contributed by atoms with Crippen molar-refractivity contribution < 1.29 is 9.18 Å².